The van der Waals surface area contributed by atoms with Gasteiger partial charge in [-0.3, -0.25) is 9.59 Å². The Morgan fingerprint density at radius 1 is 0.862 bits per heavy atom. The molecule has 0 saturated heterocycles. The summed E-state index contributed by atoms with van der Waals surface area (Å²) in [4.78, 5) is 28.9. The molecule has 0 unspecified atom stereocenters. The maximum absolute atomic E-state index is 13.2. The summed E-state index contributed by atoms with van der Waals surface area (Å²) in [6.07, 6.45) is 0. The molecule has 6 heteroatoms. The summed E-state index contributed by atoms with van der Waals surface area (Å²) in [5.74, 6) is -0.779. The highest BCUT2D eigenvalue weighted by Gasteiger charge is 2.40. The van der Waals surface area contributed by atoms with Crippen molar-refractivity contribution in [2.75, 3.05) is 10.2 Å². The van der Waals surface area contributed by atoms with E-state index in [1.165, 1.54) is 11.8 Å². The van der Waals surface area contributed by atoms with E-state index < -0.39 is 5.91 Å². The maximum Gasteiger partial charge on any atom is 0.283 e. The number of carbonyl (C=O) groups excluding carboxylic acids is 2. The van der Waals surface area contributed by atoms with Gasteiger partial charge in [0.25, 0.3) is 11.8 Å². The lowest BCUT2D eigenvalue weighted by atomic mass is 10.2. The van der Waals surface area contributed by atoms with E-state index in [0.717, 1.165) is 21.0 Å². The predicted octanol–water partition coefficient (Wildman–Crippen LogP) is 5.64. The molecule has 1 aliphatic heterocycles. The van der Waals surface area contributed by atoms with E-state index in [0.29, 0.717) is 15.6 Å². The van der Waals surface area contributed by atoms with Crippen molar-refractivity contribution < 1.29 is 9.59 Å². The summed E-state index contributed by atoms with van der Waals surface area (Å²) >= 11 is 7.35. The van der Waals surface area contributed by atoms with Crippen molar-refractivity contribution in [2.45, 2.75) is 11.8 Å². The number of imide groups is 1. The first kappa shape index (κ1) is 19.3. The van der Waals surface area contributed by atoms with Gasteiger partial charge in [0, 0.05) is 15.6 Å². The highest BCUT2D eigenvalue weighted by Crippen LogP contribution is 2.38. The van der Waals surface area contributed by atoms with Gasteiger partial charge < -0.3 is 5.32 Å². The third-order valence-electron chi connectivity index (χ3n) is 4.36. The first-order valence-corrected chi connectivity index (χ1v) is 10.2. The second kappa shape index (κ2) is 8.15. The standard InChI is InChI=1S/C23H17ClN2O2S/c1-15-7-5-9-17(13-15)25-20-21(29-19-11-3-2-4-12-19)23(28)26(22(20)27)18-10-6-8-16(24)14-18/h2-14,25H,1H3. The SMILES string of the molecule is Cc1cccc(NC2=C(Sc3ccccc3)C(=O)N(c3cccc(Cl)c3)C2=O)c1. The van der Waals surface area contributed by atoms with E-state index in [1.54, 1.807) is 24.3 Å². The third-order valence-corrected chi connectivity index (χ3v) is 5.68. The summed E-state index contributed by atoms with van der Waals surface area (Å²) < 4.78 is 0. The van der Waals surface area contributed by atoms with Crippen LogP contribution in [0.25, 0.3) is 0 Å². The van der Waals surface area contributed by atoms with Crippen LogP contribution in [-0.4, -0.2) is 11.8 Å². The van der Waals surface area contributed by atoms with Crippen LogP contribution in [-0.2, 0) is 9.59 Å². The van der Waals surface area contributed by atoms with E-state index in [4.69, 9.17) is 11.6 Å². The van der Waals surface area contributed by atoms with Gasteiger partial charge in [-0.25, -0.2) is 4.90 Å². The zero-order valence-electron chi connectivity index (χ0n) is 15.6. The largest absolute Gasteiger partial charge is 0.350 e. The zero-order valence-corrected chi connectivity index (χ0v) is 17.1. The number of anilines is 2. The highest BCUT2D eigenvalue weighted by molar-refractivity contribution is 8.04. The Kier molecular flexibility index (Phi) is 5.43. The average molecular weight is 421 g/mol. The number of rotatable bonds is 5. The van der Waals surface area contributed by atoms with Gasteiger partial charge in [0.05, 0.1) is 5.69 Å². The van der Waals surface area contributed by atoms with E-state index in [2.05, 4.69) is 5.32 Å². The Morgan fingerprint density at radius 2 is 1.62 bits per heavy atom. The minimum Gasteiger partial charge on any atom is -0.350 e. The number of benzene rings is 3. The highest BCUT2D eigenvalue weighted by atomic mass is 35.5. The molecule has 4 nitrogen and oxygen atoms in total. The van der Waals surface area contributed by atoms with Gasteiger partial charge >= 0.3 is 0 Å². The van der Waals surface area contributed by atoms with Crippen LogP contribution in [0.15, 0.2) is 94.4 Å². The van der Waals surface area contributed by atoms with Crippen LogP contribution < -0.4 is 10.2 Å². The summed E-state index contributed by atoms with van der Waals surface area (Å²) in [7, 11) is 0. The van der Waals surface area contributed by atoms with E-state index >= 15 is 0 Å². The van der Waals surface area contributed by atoms with Gasteiger partial charge in [-0.2, -0.15) is 0 Å². The van der Waals surface area contributed by atoms with Crippen LogP contribution in [0.3, 0.4) is 0 Å². The molecule has 0 aliphatic carbocycles. The minimum absolute atomic E-state index is 0.259. The fraction of sp³-hybridized carbons (Fsp3) is 0.0435. The fourth-order valence-electron chi connectivity index (χ4n) is 3.04. The molecule has 0 atom stereocenters. The zero-order chi connectivity index (χ0) is 20.4. The normalized spacial score (nSPS) is 13.9. The van der Waals surface area contributed by atoms with Gasteiger partial charge in [-0.1, -0.05) is 59.8 Å². The second-order valence-corrected chi connectivity index (χ2v) is 8.06. The molecule has 0 saturated carbocycles. The molecule has 2 amide bonds. The van der Waals surface area contributed by atoms with Crippen molar-refractivity contribution >= 4 is 46.6 Å². The number of halogens is 1. The summed E-state index contributed by atoms with van der Waals surface area (Å²) in [6, 6.07) is 23.9. The van der Waals surface area contributed by atoms with Gasteiger partial charge in [0.2, 0.25) is 0 Å². The topological polar surface area (TPSA) is 49.4 Å². The van der Waals surface area contributed by atoms with E-state index in [1.807, 2.05) is 61.5 Å². The summed E-state index contributed by atoms with van der Waals surface area (Å²) in [5, 5.41) is 3.62. The van der Waals surface area contributed by atoms with E-state index in [9.17, 15) is 9.59 Å². The third kappa shape index (κ3) is 4.06. The molecule has 0 fully saturated rings. The molecule has 3 aromatic carbocycles. The Bertz CT molecular complexity index is 1130. The average Bonchev–Trinajstić information content (AvgIpc) is 2.93. The maximum atomic E-state index is 13.2. The fourth-order valence-corrected chi connectivity index (χ4v) is 4.17. The Morgan fingerprint density at radius 3 is 2.34 bits per heavy atom. The molecule has 1 aliphatic rings. The number of thioether (sulfide) groups is 1. The second-order valence-electron chi connectivity index (χ2n) is 6.54. The van der Waals surface area contributed by atoms with Crippen molar-refractivity contribution in [1.82, 2.24) is 0 Å². The smallest absolute Gasteiger partial charge is 0.283 e. The van der Waals surface area contributed by atoms with Crippen molar-refractivity contribution in [3.63, 3.8) is 0 Å². The lowest BCUT2D eigenvalue weighted by Crippen LogP contribution is -2.32. The number of hydrogen-bond acceptors (Lipinski definition) is 4. The van der Waals surface area contributed by atoms with Gasteiger partial charge in [-0.05, 0) is 55.0 Å². The van der Waals surface area contributed by atoms with Crippen LogP contribution in [0.5, 0.6) is 0 Å². The van der Waals surface area contributed by atoms with Gasteiger partial charge in [-0.15, -0.1) is 0 Å². The van der Waals surface area contributed by atoms with Crippen LogP contribution in [0.1, 0.15) is 5.56 Å². The van der Waals surface area contributed by atoms with Crippen LogP contribution >= 0.6 is 23.4 Å². The van der Waals surface area contributed by atoms with Crippen molar-refractivity contribution in [3.8, 4) is 0 Å². The monoisotopic (exact) mass is 420 g/mol. The molecule has 144 valence electrons. The molecule has 0 radical (unpaired) electrons. The van der Waals surface area contributed by atoms with Crippen molar-refractivity contribution in [1.29, 1.82) is 0 Å². The quantitative estimate of drug-likeness (QED) is 0.543. The molecule has 4 rings (SSSR count). The van der Waals surface area contributed by atoms with E-state index in [-0.39, 0.29) is 11.6 Å². The number of amides is 2. The summed E-state index contributed by atoms with van der Waals surface area (Å²) in [6.45, 7) is 1.97. The molecule has 0 bridgehead atoms. The first-order valence-electron chi connectivity index (χ1n) is 8.98. The lowest BCUT2D eigenvalue weighted by molar-refractivity contribution is -0.120. The number of hydrogen-bond donors (Lipinski definition) is 1. The van der Waals surface area contributed by atoms with Crippen molar-refractivity contribution in [2.24, 2.45) is 0 Å². The summed E-state index contributed by atoms with van der Waals surface area (Å²) in [5.41, 5.74) is 2.51. The molecule has 3 aromatic rings. The van der Waals surface area contributed by atoms with Crippen LogP contribution in [0, 0.1) is 6.92 Å². The molecular formula is C23H17ClN2O2S. The number of nitrogens with one attached hydrogen (secondary N) is 1. The first-order chi connectivity index (χ1) is 14.0. The van der Waals surface area contributed by atoms with Gasteiger partial charge in [0.15, 0.2) is 0 Å². The molecular weight excluding hydrogens is 404 g/mol. The molecule has 0 spiro atoms. The number of aryl methyl sites for hydroxylation is 1. The Balaban J connectivity index is 1.76. The minimum atomic E-state index is -0.405. The van der Waals surface area contributed by atoms with Crippen molar-refractivity contribution in [3.05, 3.63) is 100 Å². The van der Waals surface area contributed by atoms with Gasteiger partial charge in [0.1, 0.15) is 10.6 Å². The molecule has 1 N–H and O–H groups in total. The molecule has 29 heavy (non-hydrogen) atoms. The number of carbonyl (C=O) groups is 2. The Labute approximate surface area is 178 Å². The molecule has 1 heterocycles. The predicted molar refractivity (Wildman–Crippen MR) is 118 cm³/mol. The number of nitrogens with zero attached hydrogens (tertiary/aromatic N) is 1. The van der Waals surface area contributed by atoms with Crippen LogP contribution in [0.2, 0.25) is 5.02 Å². The Hall–Kier alpha value is -3.02. The molecule has 0 aromatic heterocycles. The van der Waals surface area contributed by atoms with Crippen LogP contribution in [0.4, 0.5) is 11.4 Å². The lowest BCUT2D eigenvalue weighted by Gasteiger charge is -2.15.